The normalized spacial score (nSPS) is 13.0. The zero-order chi connectivity index (χ0) is 10.8. The number of rotatable bonds is 2. The molecule has 0 aliphatic heterocycles. The van der Waals surface area contributed by atoms with Crippen molar-refractivity contribution in [2.75, 3.05) is 0 Å². The Balaban J connectivity index is 2.63. The summed E-state index contributed by atoms with van der Waals surface area (Å²) in [6.07, 6.45) is 2.70. The van der Waals surface area contributed by atoms with Gasteiger partial charge in [-0.05, 0) is 24.1 Å². The summed E-state index contributed by atoms with van der Waals surface area (Å²) >= 11 is 9.73. The zero-order valence-corrected chi connectivity index (χ0v) is 10.7. The topological polar surface area (TPSA) is 12.9 Å². The van der Waals surface area contributed by atoms with E-state index in [0.29, 0.717) is 4.83 Å². The highest BCUT2D eigenvalue weighted by molar-refractivity contribution is 9.09. The minimum absolute atomic E-state index is 0.405. The molecule has 1 unspecified atom stereocenters. The van der Waals surface area contributed by atoms with E-state index in [1.807, 2.05) is 18.2 Å². The molecule has 0 bridgehead atoms. The quantitative estimate of drug-likeness (QED) is 0.753. The number of fused-ring (bicyclic) bond motifs is 1. The molecule has 0 aliphatic rings. The summed E-state index contributed by atoms with van der Waals surface area (Å²) in [5.41, 5.74) is 2.13. The fourth-order valence-electron chi connectivity index (χ4n) is 1.66. The van der Waals surface area contributed by atoms with Crippen molar-refractivity contribution in [2.45, 2.75) is 18.2 Å². The van der Waals surface area contributed by atoms with E-state index < -0.39 is 0 Å². The van der Waals surface area contributed by atoms with Gasteiger partial charge in [-0.3, -0.25) is 4.98 Å². The first-order valence-electron chi connectivity index (χ1n) is 4.84. The molecule has 15 heavy (non-hydrogen) atoms. The molecule has 0 spiro atoms. The van der Waals surface area contributed by atoms with Crippen LogP contribution in [-0.2, 0) is 6.42 Å². The van der Waals surface area contributed by atoms with E-state index in [9.17, 15) is 0 Å². The molecule has 0 aliphatic carbocycles. The first-order valence-corrected chi connectivity index (χ1v) is 6.14. The zero-order valence-electron chi connectivity index (χ0n) is 8.37. The van der Waals surface area contributed by atoms with Crippen molar-refractivity contribution < 1.29 is 0 Å². The second-order valence-electron chi connectivity index (χ2n) is 3.59. The van der Waals surface area contributed by atoms with E-state index in [2.05, 4.69) is 33.9 Å². The number of benzene rings is 1. The monoisotopic (exact) mass is 283 g/mol. The lowest BCUT2D eigenvalue weighted by atomic mass is 10.1. The van der Waals surface area contributed by atoms with Crippen LogP contribution in [0.25, 0.3) is 10.9 Å². The summed E-state index contributed by atoms with van der Waals surface area (Å²) < 4.78 is 0. The van der Waals surface area contributed by atoms with E-state index in [0.717, 1.165) is 27.9 Å². The highest BCUT2D eigenvalue weighted by atomic mass is 79.9. The van der Waals surface area contributed by atoms with Crippen LogP contribution in [0.3, 0.4) is 0 Å². The highest BCUT2D eigenvalue weighted by Gasteiger charge is 2.09. The molecular weight excluding hydrogens is 273 g/mol. The van der Waals surface area contributed by atoms with Crippen molar-refractivity contribution in [2.24, 2.45) is 0 Å². The molecular formula is C12H11BrClN. The number of halogens is 2. The molecule has 0 radical (unpaired) electrons. The van der Waals surface area contributed by atoms with Gasteiger partial charge < -0.3 is 0 Å². The van der Waals surface area contributed by atoms with Gasteiger partial charge in [-0.2, -0.15) is 0 Å². The Hall–Kier alpha value is -0.600. The van der Waals surface area contributed by atoms with Gasteiger partial charge in [-0.25, -0.2) is 0 Å². The van der Waals surface area contributed by atoms with Crippen LogP contribution in [0.2, 0.25) is 5.02 Å². The molecule has 1 aromatic carbocycles. The van der Waals surface area contributed by atoms with E-state index in [-0.39, 0.29) is 0 Å². The molecule has 2 aromatic rings. The molecule has 0 N–H and O–H groups in total. The largest absolute Gasteiger partial charge is 0.256 e. The predicted molar refractivity (Wildman–Crippen MR) is 68.8 cm³/mol. The fraction of sp³-hybridized carbons (Fsp3) is 0.250. The number of hydrogen-bond acceptors (Lipinski definition) is 1. The van der Waals surface area contributed by atoms with Gasteiger partial charge >= 0.3 is 0 Å². The summed E-state index contributed by atoms with van der Waals surface area (Å²) in [7, 11) is 0. The van der Waals surface area contributed by atoms with Gasteiger partial charge in [-0.15, -0.1) is 0 Å². The summed E-state index contributed by atoms with van der Waals surface area (Å²) in [6.45, 7) is 2.11. The fourth-order valence-corrected chi connectivity index (χ4v) is 2.21. The van der Waals surface area contributed by atoms with Gasteiger partial charge in [0.15, 0.2) is 0 Å². The molecule has 0 fully saturated rings. The van der Waals surface area contributed by atoms with Crippen molar-refractivity contribution in [1.82, 2.24) is 4.98 Å². The second-order valence-corrected chi connectivity index (χ2v) is 5.56. The Labute approximate surface area is 103 Å². The highest BCUT2D eigenvalue weighted by Crippen LogP contribution is 2.26. The molecule has 1 atom stereocenters. The minimum Gasteiger partial charge on any atom is -0.256 e. The summed E-state index contributed by atoms with van der Waals surface area (Å²) in [6, 6.07) is 7.95. The van der Waals surface area contributed by atoms with Crippen LogP contribution in [-0.4, -0.2) is 9.81 Å². The Morgan fingerprint density at radius 1 is 1.40 bits per heavy atom. The third-order valence-electron chi connectivity index (χ3n) is 2.31. The van der Waals surface area contributed by atoms with Crippen molar-refractivity contribution in [3.8, 4) is 0 Å². The van der Waals surface area contributed by atoms with Gasteiger partial charge in [0, 0.05) is 21.4 Å². The number of nitrogens with zero attached hydrogens (tertiary/aromatic N) is 1. The van der Waals surface area contributed by atoms with Crippen LogP contribution in [0, 0.1) is 0 Å². The number of alkyl halides is 1. The van der Waals surface area contributed by atoms with Gasteiger partial charge in [0.05, 0.1) is 5.52 Å². The number of aromatic nitrogens is 1. The molecule has 0 saturated carbocycles. The number of pyridine rings is 1. The van der Waals surface area contributed by atoms with Crippen molar-refractivity contribution >= 4 is 38.4 Å². The number of hydrogen-bond donors (Lipinski definition) is 0. The maximum Gasteiger partial charge on any atom is 0.0749 e. The molecule has 1 heterocycles. The molecule has 0 amide bonds. The van der Waals surface area contributed by atoms with Gasteiger partial charge in [0.25, 0.3) is 0 Å². The van der Waals surface area contributed by atoms with Crippen LogP contribution < -0.4 is 0 Å². The molecule has 1 aromatic heterocycles. The smallest absolute Gasteiger partial charge is 0.0749 e. The lowest BCUT2D eigenvalue weighted by Gasteiger charge is -2.09. The SMILES string of the molecule is CC(Br)Cc1c(Cl)ccc2cccnc12. The van der Waals surface area contributed by atoms with Gasteiger partial charge in [0.1, 0.15) is 0 Å². The first kappa shape index (κ1) is 10.9. The summed E-state index contributed by atoms with van der Waals surface area (Å²) in [5.74, 6) is 0. The minimum atomic E-state index is 0.405. The Morgan fingerprint density at radius 3 is 2.93 bits per heavy atom. The Morgan fingerprint density at radius 2 is 2.20 bits per heavy atom. The molecule has 1 nitrogen and oxygen atoms in total. The Kier molecular flexibility index (Phi) is 3.27. The van der Waals surface area contributed by atoms with Gasteiger partial charge in [-0.1, -0.05) is 46.6 Å². The first-order chi connectivity index (χ1) is 7.18. The van der Waals surface area contributed by atoms with E-state index in [4.69, 9.17) is 11.6 Å². The summed E-state index contributed by atoms with van der Waals surface area (Å²) in [5, 5.41) is 1.94. The van der Waals surface area contributed by atoms with Gasteiger partial charge in [0.2, 0.25) is 0 Å². The lowest BCUT2D eigenvalue weighted by molar-refractivity contribution is 0.964. The average molecular weight is 285 g/mol. The van der Waals surface area contributed by atoms with Crippen molar-refractivity contribution in [1.29, 1.82) is 0 Å². The van der Waals surface area contributed by atoms with Crippen molar-refractivity contribution in [3.05, 3.63) is 41.0 Å². The van der Waals surface area contributed by atoms with E-state index >= 15 is 0 Å². The lowest BCUT2D eigenvalue weighted by Crippen LogP contribution is -1.99. The maximum atomic E-state index is 6.19. The predicted octanol–water partition coefficient (Wildman–Crippen LogP) is 4.21. The molecule has 0 saturated heterocycles. The Bertz CT molecular complexity index is 482. The van der Waals surface area contributed by atoms with Crippen LogP contribution in [0.15, 0.2) is 30.5 Å². The second kappa shape index (κ2) is 4.50. The van der Waals surface area contributed by atoms with Crippen molar-refractivity contribution in [3.63, 3.8) is 0 Å². The average Bonchev–Trinajstić information content (AvgIpc) is 2.22. The molecule has 78 valence electrons. The van der Waals surface area contributed by atoms with Crippen LogP contribution in [0.1, 0.15) is 12.5 Å². The maximum absolute atomic E-state index is 6.19. The van der Waals surface area contributed by atoms with E-state index in [1.54, 1.807) is 6.20 Å². The van der Waals surface area contributed by atoms with E-state index in [1.165, 1.54) is 0 Å². The third-order valence-corrected chi connectivity index (χ3v) is 2.99. The summed E-state index contributed by atoms with van der Waals surface area (Å²) in [4.78, 5) is 4.79. The van der Waals surface area contributed by atoms with Crippen LogP contribution >= 0.6 is 27.5 Å². The van der Waals surface area contributed by atoms with Crippen LogP contribution in [0.5, 0.6) is 0 Å². The molecule has 3 heteroatoms. The standard InChI is InChI=1S/C12H11BrClN/c1-8(13)7-10-11(14)5-4-9-3-2-6-15-12(9)10/h2-6,8H,7H2,1H3. The third kappa shape index (κ3) is 2.32. The molecule has 2 rings (SSSR count). The van der Waals surface area contributed by atoms with Crippen LogP contribution in [0.4, 0.5) is 0 Å².